The van der Waals surface area contributed by atoms with Gasteiger partial charge in [-0.15, -0.1) is 24.5 Å². The van der Waals surface area contributed by atoms with Gasteiger partial charge in [-0.2, -0.15) is 0 Å². The molecule has 3 aromatic heterocycles. The van der Waals surface area contributed by atoms with Crippen LogP contribution in [0.5, 0.6) is 5.75 Å². The third kappa shape index (κ3) is 5.94. The van der Waals surface area contributed by atoms with Crippen molar-refractivity contribution in [2.24, 2.45) is 0 Å². The molecule has 0 bridgehead atoms. The van der Waals surface area contributed by atoms with E-state index >= 15 is 0 Å². The minimum absolute atomic E-state index is 0.228. The second-order valence-corrected chi connectivity index (χ2v) is 9.97. The van der Waals surface area contributed by atoms with Crippen LogP contribution in [0, 0.1) is 13.8 Å². The molecule has 0 aliphatic heterocycles. The average Bonchev–Trinajstić information content (AvgIpc) is 3.51. The van der Waals surface area contributed by atoms with E-state index in [1.54, 1.807) is 36.0 Å². The van der Waals surface area contributed by atoms with E-state index in [1.807, 2.05) is 19.1 Å². The summed E-state index contributed by atoms with van der Waals surface area (Å²) in [6, 6.07) is 16.1. The fourth-order valence-corrected chi connectivity index (χ4v) is 5.12. The molecule has 5 rings (SSSR count). The van der Waals surface area contributed by atoms with Crippen LogP contribution >= 0.6 is 11.3 Å². The fraction of sp³-hybridized carbons (Fsp3) is 0.214. The highest BCUT2D eigenvalue weighted by molar-refractivity contribution is 7.18. The Balaban J connectivity index is 1.23. The number of alkyl halides is 3. The van der Waals surface area contributed by atoms with Gasteiger partial charge in [0.2, 0.25) is 0 Å². The Hall–Kier alpha value is -3.85. The molecule has 3 heterocycles. The number of furan rings is 1. The maximum Gasteiger partial charge on any atom is 0.573 e. The van der Waals surface area contributed by atoms with Crippen LogP contribution in [0.4, 0.5) is 19.0 Å². The molecule has 37 heavy (non-hydrogen) atoms. The van der Waals surface area contributed by atoms with Crippen LogP contribution in [0.15, 0.2) is 71.5 Å². The number of thiophene rings is 1. The first-order valence-corrected chi connectivity index (χ1v) is 12.6. The summed E-state index contributed by atoms with van der Waals surface area (Å²) in [5, 5.41) is 4.50. The minimum Gasteiger partial charge on any atom is -0.472 e. The number of ether oxygens (including phenoxy) is 1. The van der Waals surface area contributed by atoms with E-state index in [9.17, 15) is 13.2 Å². The second-order valence-electron chi connectivity index (χ2n) is 8.74. The Kier molecular flexibility index (Phi) is 6.88. The predicted molar refractivity (Wildman–Crippen MR) is 140 cm³/mol. The first-order valence-electron chi connectivity index (χ1n) is 11.8. The largest absolute Gasteiger partial charge is 0.573 e. The van der Waals surface area contributed by atoms with Crippen molar-refractivity contribution in [3.63, 3.8) is 0 Å². The number of fused-ring (bicyclic) bond motifs is 1. The molecule has 0 atom stereocenters. The quantitative estimate of drug-likeness (QED) is 0.208. The third-order valence-electron chi connectivity index (χ3n) is 5.92. The number of hydrogen-bond donors (Lipinski definition) is 1. The third-order valence-corrected chi connectivity index (χ3v) is 6.86. The van der Waals surface area contributed by atoms with E-state index in [0.717, 1.165) is 57.7 Å². The molecule has 9 heteroatoms. The molecule has 0 aliphatic carbocycles. The van der Waals surface area contributed by atoms with E-state index in [2.05, 4.69) is 40.2 Å². The van der Waals surface area contributed by atoms with Crippen LogP contribution in [0.25, 0.3) is 32.7 Å². The smallest absolute Gasteiger partial charge is 0.472 e. The van der Waals surface area contributed by atoms with Crippen molar-refractivity contribution in [2.75, 3.05) is 11.9 Å². The number of anilines is 1. The lowest BCUT2D eigenvalue weighted by Gasteiger charge is -2.12. The van der Waals surface area contributed by atoms with Gasteiger partial charge in [-0.05, 0) is 73.2 Å². The highest BCUT2D eigenvalue weighted by Crippen LogP contribution is 2.32. The van der Waals surface area contributed by atoms with Crippen LogP contribution in [-0.4, -0.2) is 22.9 Å². The molecule has 0 fully saturated rings. The number of aryl methyl sites for hydroxylation is 3. The van der Waals surface area contributed by atoms with Crippen LogP contribution in [-0.2, 0) is 6.42 Å². The van der Waals surface area contributed by atoms with Gasteiger partial charge in [0.25, 0.3) is 0 Å². The summed E-state index contributed by atoms with van der Waals surface area (Å²) in [6.45, 7) is 4.81. The SMILES string of the molecule is Cc1cc2c(NCCCc3ccc(-c4ccc(OC(F)(F)F)cc4)c(C)c3)nc(-c3ccoc3)nc2s1. The summed E-state index contributed by atoms with van der Waals surface area (Å²) in [6.07, 6.45) is 0.330. The number of halogens is 3. The van der Waals surface area contributed by atoms with Crippen molar-refractivity contribution in [1.29, 1.82) is 0 Å². The molecule has 5 nitrogen and oxygen atoms in total. The lowest BCUT2D eigenvalue weighted by atomic mass is 9.97. The molecule has 190 valence electrons. The molecular weight excluding hydrogens is 499 g/mol. The van der Waals surface area contributed by atoms with E-state index < -0.39 is 6.36 Å². The number of benzene rings is 2. The van der Waals surface area contributed by atoms with Crippen LogP contribution in [0.3, 0.4) is 0 Å². The van der Waals surface area contributed by atoms with Gasteiger partial charge in [0.1, 0.15) is 22.7 Å². The van der Waals surface area contributed by atoms with Gasteiger partial charge >= 0.3 is 6.36 Å². The van der Waals surface area contributed by atoms with Crippen LogP contribution in [0.2, 0.25) is 0 Å². The number of aromatic nitrogens is 2. The molecule has 0 unspecified atom stereocenters. The number of nitrogens with zero attached hydrogens (tertiary/aromatic N) is 2. The summed E-state index contributed by atoms with van der Waals surface area (Å²) in [4.78, 5) is 11.5. The van der Waals surface area contributed by atoms with Gasteiger partial charge in [0.15, 0.2) is 5.82 Å². The van der Waals surface area contributed by atoms with Crippen molar-refractivity contribution < 1.29 is 22.3 Å². The van der Waals surface area contributed by atoms with Gasteiger partial charge in [-0.25, -0.2) is 9.97 Å². The maximum absolute atomic E-state index is 12.4. The van der Waals surface area contributed by atoms with E-state index in [-0.39, 0.29) is 5.75 Å². The first-order chi connectivity index (χ1) is 17.7. The van der Waals surface area contributed by atoms with Crippen molar-refractivity contribution in [2.45, 2.75) is 33.1 Å². The van der Waals surface area contributed by atoms with Gasteiger partial charge in [0, 0.05) is 11.4 Å². The zero-order chi connectivity index (χ0) is 26.0. The molecule has 0 amide bonds. The zero-order valence-corrected chi connectivity index (χ0v) is 21.0. The summed E-state index contributed by atoms with van der Waals surface area (Å²) in [7, 11) is 0. The monoisotopic (exact) mass is 523 g/mol. The molecule has 0 radical (unpaired) electrons. The normalized spacial score (nSPS) is 11.7. The zero-order valence-electron chi connectivity index (χ0n) is 20.2. The fourth-order valence-electron chi connectivity index (χ4n) is 4.24. The van der Waals surface area contributed by atoms with Gasteiger partial charge in [-0.3, -0.25) is 0 Å². The summed E-state index contributed by atoms with van der Waals surface area (Å²) in [5.41, 5.74) is 4.91. The number of rotatable bonds is 8. The highest BCUT2D eigenvalue weighted by atomic mass is 32.1. The summed E-state index contributed by atoms with van der Waals surface area (Å²) >= 11 is 1.64. The van der Waals surface area contributed by atoms with E-state index in [4.69, 9.17) is 9.40 Å². The summed E-state index contributed by atoms with van der Waals surface area (Å²) < 4.78 is 46.4. The average molecular weight is 524 g/mol. The minimum atomic E-state index is -4.70. The second kappa shape index (κ2) is 10.3. The molecule has 0 aliphatic rings. The standard InChI is InChI=1S/C28H24F3N3O2S/c1-17-14-19(5-10-23(17)20-6-8-22(9-7-20)36-28(29,30)31)4-3-12-32-26-24-15-18(2)37-27(24)34-25(33-26)21-11-13-35-16-21/h5-11,13-16H,3-4,12H2,1-2H3,(H,32,33,34). The topological polar surface area (TPSA) is 60.2 Å². The van der Waals surface area contributed by atoms with Gasteiger partial charge in [-0.1, -0.05) is 30.3 Å². The van der Waals surface area contributed by atoms with Crippen molar-refractivity contribution in [3.8, 4) is 28.3 Å². The lowest BCUT2D eigenvalue weighted by molar-refractivity contribution is -0.274. The molecule has 5 aromatic rings. The van der Waals surface area contributed by atoms with Crippen molar-refractivity contribution in [3.05, 3.63) is 83.1 Å². The highest BCUT2D eigenvalue weighted by Gasteiger charge is 2.31. The van der Waals surface area contributed by atoms with E-state index in [0.29, 0.717) is 5.82 Å². The Morgan fingerprint density at radius 2 is 1.78 bits per heavy atom. The van der Waals surface area contributed by atoms with Gasteiger partial charge < -0.3 is 14.5 Å². The molecule has 0 saturated heterocycles. The van der Waals surface area contributed by atoms with Gasteiger partial charge in [0.05, 0.1) is 17.2 Å². The Morgan fingerprint density at radius 1 is 0.973 bits per heavy atom. The van der Waals surface area contributed by atoms with E-state index in [1.165, 1.54) is 22.6 Å². The Bertz CT molecular complexity index is 1510. The number of hydrogen-bond acceptors (Lipinski definition) is 6. The molecular formula is C28H24F3N3O2S. The molecule has 1 N–H and O–H groups in total. The van der Waals surface area contributed by atoms with Crippen molar-refractivity contribution >= 4 is 27.4 Å². The van der Waals surface area contributed by atoms with Crippen LogP contribution in [0.1, 0.15) is 22.4 Å². The molecule has 0 spiro atoms. The van der Waals surface area contributed by atoms with Crippen molar-refractivity contribution in [1.82, 2.24) is 9.97 Å². The number of nitrogens with one attached hydrogen (secondary N) is 1. The molecule has 2 aromatic carbocycles. The molecule has 0 saturated carbocycles. The summed E-state index contributed by atoms with van der Waals surface area (Å²) in [5.74, 6) is 1.22. The lowest BCUT2D eigenvalue weighted by Crippen LogP contribution is -2.16. The first kappa shape index (κ1) is 24.8. The Morgan fingerprint density at radius 3 is 2.49 bits per heavy atom. The predicted octanol–water partition coefficient (Wildman–Crippen LogP) is 8.18. The Labute approximate surface area is 216 Å². The van der Waals surface area contributed by atoms with Crippen LogP contribution < -0.4 is 10.1 Å². The maximum atomic E-state index is 12.4.